The number of phenolic OH excluding ortho intramolecular Hbond substituents is 1. The van der Waals surface area contributed by atoms with Crippen LogP contribution in [0.1, 0.15) is 11.1 Å². The van der Waals surface area contributed by atoms with Crippen LogP contribution in [0.5, 0.6) is 5.75 Å². The number of anilines is 1. The predicted octanol–water partition coefficient (Wildman–Crippen LogP) is 2.70. The van der Waals surface area contributed by atoms with Crippen molar-refractivity contribution in [1.82, 2.24) is 0 Å². The van der Waals surface area contributed by atoms with Crippen molar-refractivity contribution in [3.05, 3.63) is 23.3 Å². The van der Waals surface area contributed by atoms with E-state index in [2.05, 4.69) is 4.72 Å². The fourth-order valence-electron chi connectivity index (χ4n) is 1.13. The van der Waals surface area contributed by atoms with Gasteiger partial charge in [-0.3, -0.25) is 0 Å². The summed E-state index contributed by atoms with van der Waals surface area (Å²) >= 11 is 1.55. The number of hydrogen-bond acceptors (Lipinski definition) is 3. The van der Waals surface area contributed by atoms with Gasteiger partial charge in [0.25, 0.3) is 0 Å². The topological polar surface area (TPSA) is 32.3 Å². The van der Waals surface area contributed by atoms with Gasteiger partial charge >= 0.3 is 0 Å². The van der Waals surface area contributed by atoms with Crippen molar-refractivity contribution < 1.29 is 5.11 Å². The number of rotatable bonds is 2. The fourth-order valence-corrected chi connectivity index (χ4v) is 1.49. The lowest BCUT2D eigenvalue weighted by atomic mass is 10.1. The second-order valence-corrected chi connectivity index (χ2v) is 3.38. The molecule has 1 aromatic rings. The summed E-state index contributed by atoms with van der Waals surface area (Å²) < 4.78 is 3.12. The second kappa shape index (κ2) is 3.72. The molecule has 0 fully saturated rings. The number of aryl methyl sites for hydroxylation is 2. The summed E-state index contributed by atoms with van der Waals surface area (Å²) in [5.74, 6) is 0.390. The smallest absolute Gasteiger partial charge is 0.121 e. The Balaban J connectivity index is 3.04. The first-order chi connectivity index (χ1) is 5.65. The van der Waals surface area contributed by atoms with Gasteiger partial charge in [0.05, 0.1) is 0 Å². The summed E-state index contributed by atoms with van der Waals surface area (Å²) in [6.07, 6.45) is 1.97. The van der Waals surface area contributed by atoms with Crippen LogP contribution in [-0.4, -0.2) is 11.4 Å². The van der Waals surface area contributed by atoms with Crippen LogP contribution in [-0.2, 0) is 0 Å². The summed E-state index contributed by atoms with van der Waals surface area (Å²) in [6, 6.07) is 3.86. The third-order valence-corrected chi connectivity index (χ3v) is 2.15. The molecule has 0 saturated heterocycles. The van der Waals surface area contributed by atoms with Crippen LogP contribution in [0.25, 0.3) is 0 Å². The van der Waals surface area contributed by atoms with Crippen LogP contribution in [0, 0.1) is 13.8 Å². The minimum Gasteiger partial charge on any atom is -0.507 e. The highest BCUT2D eigenvalue weighted by molar-refractivity contribution is 7.99. The zero-order valence-electron chi connectivity index (χ0n) is 7.51. The standard InChI is InChI=1S/C9H13NOS/c1-6-4-8(10-12-3)5-7(2)9(6)11/h4-5,10-11H,1-3H3. The van der Waals surface area contributed by atoms with Gasteiger partial charge in [-0.25, -0.2) is 0 Å². The van der Waals surface area contributed by atoms with E-state index >= 15 is 0 Å². The highest BCUT2D eigenvalue weighted by atomic mass is 32.2. The molecule has 0 unspecified atom stereocenters. The van der Waals surface area contributed by atoms with Crippen LogP contribution in [0.4, 0.5) is 5.69 Å². The lowest BCUT2D eigenvalue weighted by molar-refractivity contribution is 0.467. The van der Waals surface area contributed by atoms with E-state index in [4.69, 9.17) is 0 Å². The Morgan fingerprint density at radius 3 is 2.17 bits per heavy atom. The van der Waals surface area contributed by atoms with E-state index in [9.17, 15) is 5.11 Å². The first-order valence-corrected chi connectivity index (χ1v) is 4.97. The fraction of sp³-hybridized carbons (Fsp3) is 0.333. The van der Waals surface area contributed by atoms with Crippen LogP contribution < -0.4 is 4.72 Å². The SMILES string of the molecule is CSNc1cc(C)c(O)c(C)c1. The summed E-state index contributed by atoms with van der Waals surface area (Å²) in [7, 11) is 0. The van der Waals surface area contributed by atoms with Crippen molar-refractivity contribution >= 4 is 17.6 Å². The number of hydrogen-bond donors (Lipinski definition) is 2. The Hall–Kier alpha value is -0.830. The molecule has 0 bridgehead atoms. The van der Waals surface area contributed by atoms with Gasteiger partial charge in [0.1, 0.15) is 5.75 Å². The number of benzene rings is 1. The van der Waals surface area contributed by atoms with E-state index in [1.54, 1.807) is 11.9 Å². The molecule has 0 saturated carbocycles. The molecule has 0 amide bonds. The van der Waals surface area contributed by atoms with Gasteiger partial charge in [0.2, 0.25) is 0 Å². The Morgan fingerprint density at radius 1 is 1.25 bits per heavy atom. The van der Waals surface area contributed by atoms with E-state index in [0.29, 0.717) is 5.75 Å². The van der Waals surface area contributed by atoms with Crippen molar-refractivity contribution in [3.8, 4) is 5.75 Å². The van der Waals surface area contributed by atoms with Gasteiger partial charge in [-0.1, -0.05) is 11.9 Å². The third kappa shape index (κ3) is 1.85. The van der Waals surface area contributed by atoms with Crippen molar-refractivity contribution in [2.45, 2.75) is 13.8 Å². The van der Waals surface area contributed by atoms with Crippen LogP contribution in [0.15, 0.2) is 12.1 Å². The van der Waals surface area contributed by atoms with Gasteiger partial charge in [0, 0.05) is 11.9 Å². The van der Waals surface area contributed by atoms with Gasteiger partial charge < -0.3 is 9.83 Å². The predicted molar refractivity (Wildman–Crippen MR) is 54.7 cm³/mol. The molecule has 12 heavy (non-hydrogen) atoms. The average molecular weight is 183 g/mol. The van der Waals surface area contributed by atoms with E-state index in [1.807, 2.05) is 32.2 Å². The number of nitrogens with one attached hydrogen (secondary N) is 1. The highest BCUT2D eigenvalue weighted by Crippen LogP contribution is 2.26. The lowest BCUT2D eigenvalue weighted by Crippen LogP contribution is -1.88. The van der Waals surface area contributed by atoms with E-state index in [1.165, 1.54) is 0 Å². The summed E-state index contributed by atoms with van der Waals surface area (Å²) in [5, 5.41) is 9.46. The molecule has 0 aliphatic rings. The first kappa shape index (κ1) is 9.26. The van der Waals surface area contributed by atoms with Crippen LogP contribution >= 0.6 is 11.9 Å². The normalized spacial score (nSPS) is 9.92. The maximum absolute atomic E-state index is 9.46. The molecule has 0 heterocycles. The van der Waals surface area contributed by atoms with Gasteiger partial charge in [0.15, 0.2) is 0 Å². The van der Waals surface area contributed by atoms with Crippen LogP contribution in [0.3, 0.4) is 0 Å². The summed E-state index contributed by atoms with van der Waals surface area (Å²) in [5.41, 5.74) is 2.86. The van der Waals surface area contributed by atoms with E-state index < -0.39 is 0 Å². The Bertz CT molecular complexity index is 263. The quantitative estimate of drug-likeness (QED) is 0.546. The number of aromatic hydroxyl groups is 1. The Labute approximate surface area is 77.1 Å². The molecule has 66 valence electrons. The molecular weight excluding hydrogens is 170 g/mol. The molecule has 0 aliphatic carbocycles. The van der Waals surface area contributed by atoms with E-state index in [0.717, 1.165) is 16.8 Å². The second-order valence-electron chi connectivity index (χ2n) is 2.76. The van der Waals surface area contributed by atoms with Crippen LogP contribution in [0.2, 0.25) is 0 Å². The maximum Gasteiger partial charge on any atom is 0.121 e. The zero-order chi connectivity index (χ0) is 9.14. The van der Waals surface area contributed by atoms with Gasteiger partial charge in [-0.05, 0) is 37.1 Å². The number of phenols is 1. The van der Waals surface area contributed by atoms with Crippen molar-refractivity contribution in [3.63, 3.8) is 0 Å². The molecule has 1 rings (SSSR count). The minimum atomic E-state index is 0.390. The largest absolute Gasteiger partial charge is 0.507 e. The van der Waals surface area contributed by atoms with Gasteiger partial charge in [-0.2, -0.15) is 0 Å². The molecule has 0 radical (unpaired) electrons. The molecule has 0 spiro atoms. The Kier molecular flexibility index (Phi) is 2.87. The molecule has 0 aromatic heterocycles. The summed E-state index contributed by atoms with van der Waals surface area (Å²) in [6.45, 7) is 3.79. The molecule has 1 aromatic carbocycles. The molecule has 2 N–H and O–H groups in total. The molecule has 3 heteroatoms. The molecular formula is C9H13NOS. The zero-order valence-corrected chi connectivity index (χ0v) is 8.33. The highest BCUT2D eigenvalue weighted by Gasteiger charge is 2.01. The minimum absolute atomic E-state index is 0.390. The molecule has 2 nitrogen and oxygen atoms in total. The monoisotopic (exact) mass is 183 g/mol. The third-order valence-electron chi connectivity index (χ3n) is 1.71. The van der Waals surface area contributed by atoms with Crippen molar-refractivity contribution in [2.75, 3.05) is 11.0 Å². The van der Waals surface area contributed by atoms with Crippen molar-refractivity contribution in [2.24, 2.45) is 0 Å². The summed E-state index contributed by atoms with van der Waals surface area (Å²) in [4.78, 5) is 0. The van der Waals surface area contributed by atoms with Gasteiger partial charge in [-0.15, -0.1) is 0 Å². The van der Waals surface area contributed by atoms with E-state index in [-0.39, 0.29) is 0 Å². The van der Waals surface area contributed by atoms with Crippen molar-refractivity contribution in [1.29, 1.82) is 0 Å². The maximum atomic E-state index is 9.46. The average Bonchev–Trinajstić information content (AvgIpc) is 2.01. The molecule has 0 aliphatic heterocycles. The first-order valence-electron chi connectivity index (χ1n) is 3.74. The Morgan fingerprint density at radius 2 is 1.75 bits per heavy atom. The lowest BCUT2D eigenvalue weighted by Gasteiger charge is -2.07. The molecule has 0 atom stereocenters.